The summed E-state index contributed by atoms with van der Waals surface area (Å²) in [5.41, 5.74) is 1.98. The molecule has 1 aromatic heterocycles. The van der Waals surface area contributed by atoms with E-state index in [0.717, 1.165) is 22.2 Å². The number of thioether (sulfide) groups is 1. The van der Waals surface area contributed by atoms with Gasteiger partial charge in [-0.3, -0.25) is 0 Å². The van der Waals surface area contributed by atoms with Crippen LogP contribution in [0.3, 0.4) is 0 Å². The van der Waals surface area contributed by atoms with Gasteiger partial charge in [-0.1, -0.05) is 41.0 Å². The summed E-state index contributed by atoms with van der Waals surface area (Å²) < 4.78 is 0. The summed E-state index contributed by atoms with van der Waals surface area (Å²) in [7, 11) is 3.93. The maximum absolute atomic E-state index is 6.16. The van der Waals surface area contributed by atoms with Crippen molar-refractivity contribution in [3.63, 3.8) is 0 Å². The lowest BCUT2D eigenvalue weighted by Crippen LogP contribution is -2.11. The van der Waals surface area contributed by atoms with Gasteiger partial charge in [-0.2, -0.15) is 0 Å². The van der Waals surface area contributed by atoms with Crippen LogP contribution in [0.5, 0.6) is 0 Å². The van der Waals surface area contributed by atoms with Crippen molar-refractivity contribution in [3.05, 3.63) is 45.6 Å². The Morgan fingerprint density at radius 1 is 1.15 bits per heavy atom. The van der Waals surface area contributed by atoms with Gasteiger partial charge in [0.1, 0.15) is 5.82 Å². The van der Waals surface area contributed by atoms with E-state index in [-0.39, 0.29) is 0 Å². The van der Waals surface area contributed by atoms with Crippen LogP contribution in [0.2, 0.25) is 10.0 Å². The molecule has 0 fully saturated rings. The second kappa shape index (κ2) is 6.66. The maximum Gasteiger partial charge on any atom is 0.190 e. The van der Waals surface area contributed by atoms with E-state index >= 15 is 0 Å². The first-order chi connectivity index (χ1) is 9.45. The molecule has 0 radical (unpaired) electrons. The molecular formula is C14H15Cl2N3S. The maximum atomic E-state index is 6.16. The van der Waals surface area contributed by atoms with E-state index in [2.05, 4.69) is 9.97 Å². The standard InChI is InChI=1S/C14H15Cl2N3S/c1-9-6-13(19(2)3)18-14(17-9)20-8-10-4-5-11(15)7-12(10)16/h4-7H,8H2,1-3H3. The van der Waals surface area contributed by atoms with Crippen molar-refractivity contribution < 1.29 is 0 Å². The van der Waals surface area contributed by atoms with Gasteiger partial charge in [-0.25, -0.2) is 9.97 Å². The number of anilines is 1. The third kappa shape index (κ3) is 4.01. The second-order valence-corrected chi connectivity index (χ2v) is 6.36. The molecule has 0 N–H and O–H groups in total. The molecule has 0 unspecified atom stereocenters. The Bertz CT molecular complexity index is 617. The molecule has 20 heavy (non-hydrogen) atoms. The zero-order chi connectivity index (χ0) is 14.7. The minimum Gasteiger partial charge on any atom is -0.363 e. The van der Waals surface area contributed by atoms with Crippen LogP contribution < -0.4 is 4.90 Å². The van der Waals surface area contributed by atoms with E-state index in [1.54, 1.807) is 17.8 Å². The molecule has 1 heterocycles. The monoisotopic (exact) mass is 327 g/mol. The summed E-state index contributed by atoms with van der Waals surface area (Å²) >= 11 is 13.6. The van der Waals surface area contributed by atoms with Gasteiger partial charge >= 0.3 is 0 Å². The first-order valence-corrected chi connectivity index (χ1v) is 7.79. The molecule has 0 spiro atoms. The van der Waals surface area contributed by atoms with Gasteiger partial charge in [0.05, 0.1) is 0 Å². The molecule has 1 aromatic carbocycles. The van der Waals surface area contributed by atoms with Crippen molar-refractivity contribution in [1.82, 2.24) is 9.97 Å². The molecule has 0 amide bonds. The molecule has 0 aliphatic rings. The quantitative estimate of drug-likeness (QED) is 0.612. The summed E-state index contributed by atoms with van der Waals surface area (Å²) in [6, 6.07) is 7.48. The average Bonchev–Trinajstić information content (AvgIpc) is 2.37. The van der Waals surface area contributed by atoms with Crippen LogP contribution >= 0.6 is 35.0 Å². The lowest BCUT2D eigenvalue weighted by atomic mass is 10.2. The van der Waals surface area contributed by atoms with Gasteiger partial charge in [-0.05, 0) is 24.6 Å². The van der Waals surface area contributed by atoms with Crippen LogP contribution in [0.15, 0.2) is 29.4 Å². The van der Waals surface area contributed by atoms with Gasteiger partial charge in [-0.15, -0.1) is 0 Å². The van der Waals surface area contributed by atoms with Crippen LogP contribution in [0.25, 0.3) is 0 Å². The van der Waals surface area contributed by atoms with Gasteiger partial charge in [0.2, 0.25) is 0 Å². The summed E-state index contributed by atoms with van der Waals surface area (Å²) in [5, 5.41) is 2.07. The molecule has 0 saturated heterocycles. The summed E-state index contributed by atoms with van der Waals surface area (Å²) in [4.78, 5) is 10.9. The Balaban J connectivity index is 2.14. The van der Waals surface area contributed by atoms with E-state index in [1.165, 1.54) is 0 Å². The smallest absolute Gasteiger partial charge is 0.190 e. The predicted molar refractivity (Wildman–Crippen MR) is 87.1 cm³/mol. The van der Waals surface area contributed by atoms with E-state index in [9.17, 15) is 0 Å². The molecule has 0 aliphatic heterocycles. The minimum atomic E-state index is 0.644. The fourth-order valence-electron chi connectivity index (χ4n) is 1.60. The van der Waals surface area contributed by atoms with Gasteiger partial charge in [0.15, 0.2) is 5.16 Å². The molecule has 6 heteroatoms. The number of hydrogen-bond donors (Lipinski definition) is 0. The lowest BCUT2D eigenvalue weighted by Gasteiger charge is -2.13. The minimum absolute atomic E-state index is 0.644. The van der Waals surface area contributed by atoms with Crippen molar-refractivity contribution in [2.75, 3.05) is 19.0 Å². The first kappa shape index (κ1) is 15.4. The Morgan fingerprint density at radius 2 is 1.90 bits per heavy atom. The highest BCUT2D eigenvalue weighted by Gasteiger charge is 2.07. The van der Waals surface area contributed by atoms with Crippen molar-refractivity contribution in [1.29, 1.82) is 0 Å². The van der Waals surface area contributed by atoms with E-state index in [1.807, 2.05) is 44.1 Å². The van der Waals surface area contributed by atoms with Crippen molar-refractivity contribution in [2.24, 2.45) is 0 Å². The molecule has 3 nitrogen and oxygen atoms in total. The number of aromatic nitrogens is 2. The van der Waals surface area contributed by atoms with E-state index < -0.39 is 0 Å². The zero-order valence-corrected chi connectivity index (χ0v) is 13.9. The predicted octanol–water partition coefficient (Wildman–Crippen LogP) is 4.45. The number of benzene rings is 1. The molecule has 106 valence electrons. The number of hydrogen-bond acceptors (Lipinski definition) is 4. The van der Waals surface area contributed by atoms with Crippen LogP contribution in [0.4, 0.5) is 5.82 Å². The van der Waals surface area contributed by atoms with Crippen LogP contribution in [-0.4, -0.2) is 24.1 Å². The number of rotatable bonds is 4. The van der Waals surface area contributed by atoms with Crippen LogP contribution in [-0.2, 0) is 5.75 Å². The van der Waals surface area contributed by atoms with Crippen molar-refractivity contribution >= 4 is 40.8 Å². The second-order valence-electron chi connectivity index (χ2n) is 4.57. The Kier molecular flexibility index (Phi) is 5.13. The molecule has 0 atom stereocenters. The molecule has 0 bridgehead atoms. The van der Waals surface area contributed by atoms with Gasteiger partial charge in [0, 0.05) is 41.7 Å². The Hall–Kier alpha value is -0.970. The van der Waals surface area contributed by atoms with E-state index in [4.69, 9.17) is 23.2 Å². The summed E-state index contributed by atoms with van der Waals surface area (Å²) in [6.45, 7) is 1.97. The zero-order valence-electron chi connectivity index (χ0n) is 11.5. The van der Waals surface area contributed by atoms with Gasteiger partial charge < -0.3 is 4.90 Å². The molecular weight excluding hydrogens is 313 g/mol. The Morgan fingerprint density at radius 3 is 2.55 bits per heavy atom. The first-order valence-electron chi connectivity index (χ1n) is 6.05. The summed E-state index contributed by atoms with van der Waals surface area (Å²) in [6.07, 6.45) is 0. The highest BCUT2D eigenvalue weighted by molar-refractivity contribution is 7.98. The molecule has 0 aliphatic carbocycles. The highest BCUT2D eigenvalue weighted by atomic mass is 35.5. The van der Waals surface area contributed by atoms with Crippen molar-refractivity contribution in [2.45, 2.75) is 17.8 Å². The number of halogens is 2. The highest BCUT2D eigenvalue weighted by Crippen LogP contribution is 2.27. The number of aryl methyl sites for hydroxylation is 1. The van der Waals surface area contributed by atoms with Crippen molar-refractivity contribution in [3.8, 4) is 0 Å². The third-order valence-electron chi connectivity index (χ3n) is 2.65. The van der Waals surface area contributed by atoms with Gasteiger partial charge in [0.25, 0.3) is 0 Å². The fourth-order valence-corrected chi connectivity index (χ4v) is 3.06. The molecule has 0 saturated carbocycles. The normalized spacial score (nSPS) is 10.7. The van der Waals surface area contributed by atoms with Crippen LogP contribution in [0.1, 0.15) is 11.3 Å². The lowest BCUT2D eigenvalue weighted by molar-refractivity contribution is 0.902. The van der Waals surface area contributed by atoms with Crippen LogP contribution in [0, 0.1) is 6.92 Å². The summed E-state index contributed by atoms with van der Waals surface area (Å²) in [5.74, 6) is 1.62. The number of nitrogens with zero attached hydrogens (tertiary/aromatic N) is 3. The fraction of sp³-hybridized carbons (Fsp3) is 0.286. The third-order valence-corrected chi connectivity index (χ3v) is 4.13. The SMILES string of the molecule is Cc1cc(N(C)C)nc(SCc2ccc(Cl)cc2Cl)n1. The topological polar surface area (TPSA) is 29.0 Å². The molecule has 2 rings (SSSR count). The van der Waals surface area contributed by atoms with E-state index in [0.29, 0.717) is 15.8 Å². The Labute approximate surface area is 133 Å². The largest absolute Gasteiger partial charge is 0.363 e. The molecule has 2 aromatic rings. The average molecular weight is 328 g/mol.